The number of halogens is 2. The number of esters is 1. The predicted molar refractivity (Wildman–Crippen MR) is 174 cm³/mol. The standard InChI is InChI=1S/C37H53F2NO3/c1-6-9-11-15-29-16-19-33(30(8-3)25-29)35-26-31-17-18-32(27-34(31)40(35)22-12-10-7-2)42-23-13-20-37(38,39)21-14-24-43-36(41)28(4)5/h16-19,25-28H,6-15,20-24H2,1-5H3. The highest BCUT2D eigenvalue weighted by atomic mass is 19.3. The smallest absolute Gasteiger partial charge is 0.308 e. The first-order valence-corrected chi connectivity index (χ1v) is 16.6. The highest BCUT2D eigenvalue weighted by molar-refractivity contribution is 5.88. The highest BCUT2D eigenvalue weighted by Crippen LogP contribution is 2.34. The third-order valence-electron chi connectivity index (χ3n) is 8.11. The normalized spacial score (nSPS) is 11.9. The molecule has 0 spiro atoms. The summed E-state index contributed by atoms with van der Waals surface area (Å²) in [5.41, 5.74) is 6.44. The zero-order valence-electron chi connectivity index (χ0n) is 27.2. The molecule has 0 bridgehead atoms. The number of aromatic nitrogens is 1. The number of fused-ring (bicyclic) bond motifs is 1. The Hall–Kier alpha value is -2.89. The van der Waals surface area contributed by atoms with Crippen molar-refractivity contribution in [2.24, 2.45) is 5.92 Å². The fourth-order valence-corrected chi connectivity index (χ4v) is 5.55. The van der Waals surface area contributed by atoms with Crippen LogP contribution in [0.3, 0.4) is 0 Å². The van der Waals surface area contributed by atoms with Crippen molar-refractivity contribution in [3.8, 4) is 17.0 Å². The van der Waals surface area contributed by atoms with Gasteiger partial charge in [0.1, 0.15) is 5.75 Å². The van der Waals surface area contributed by atoms with E-state index in [9.17, 15) is 13.6 Å². The average molecular weight is 598 g/mol. The summed E-state index contributed by atoms with van der Waals surface area (Å²) < 4.78 is 42.2. The summed E-state index contributed by atoms with van der Waals surface area (Å²) in [6.45, 7) is 11.3. The van der Waals surface area contributed by atoms with Gasteiger partial charge in [-0.3, -0.25) is 4.79 Å². The van der Waals surface area contributed by atoms with E-state index < -0.39 is 5.92 Å². The first-order valence-electron chi connectivity index (χ1n) is 16.6. The van der Waals surface area contributed by atoms with Crippen LogP contribution in [-0.2, 0) is 28.9 Å². The number of unbranched alkanes of at least 4 members (excludes halogenated alkanes) is 4. The molecule has 6 heteroatoms. The molecule has 0 fully saturated rings. The van der Waals surface area contributed by atoms with Gasteiger partial charge in [-0.05, 0) is 67.9 Å². The van der Waals surface area contributed by atoms with Crippen LogP contribution in [0.4, 0.5) is 8.78 Å². The molecule has 0 aliphatic heterocycles. The Morgan fingerprint density at radius 3 is 2.28 bits per heavy atom. The molecule has 3 aromatic rings. The van der Waals surface area contributed by atoms with Gasteiger partial charge in [-0.1, -0.05) is 78.5 Å². The van der Waals surface area contributed by atoms with Gasteiger partial charge in [-0.15, -0.1) is 0 Å². The molecule has 0 saturated heterocycles. The number of carbonyl (C=O) groups excluding carboxylic acids is 1. The Labute approximate surface area is 258 Å². The second kappa shape index (κ2) is 17.4. The van der Waals surface area contributed by atoms with Crippen LogP contribution < -0.4 is 4.74 Å². The van der Waals surface area contributed by atoms with E-state index in [1.54, 1.807) is 13.8 Å². The van der Waals surface area contributed by atoms with Crippen molar-refractivity contribution in [2.45, 2.75) is 124 Å². The summed E-state index contributed by atoms with van der Waals surface area (Å²) in [6.07, 6.45) is 9.11. The van der Waals surface area contributed by atoms with Crippen molar-refractivity contribution in [1.29, 1.82) is 0 Å². The molecule has 0 atom stereocenters. The van der Waals surface area contributed by atoms with Gasteiger partial charge in [0.15, 0.2) is 0 Å². The van der Waals surface area contributed by atoms with Crippen LogP contribution in [0, 0.1) is 5.92 Å². The van der Waals surface area contributed by atoms with Gasteiger partial charge in [-0.25, -0.2) is 8.78 Å². The number of rotatable bonds is 20. The van der Waals surface area contributed by atoms with Crippen molar-refractivity contribution < 1.29 is 23.0 Å². The molecule has 3 rings (SSSR count). The molecule has 0 N–H and O–H groups in total. The first-order chi connectivity index (χ1) is 20.7. The maximum atomic E-state index is 14.4. The van der Waals surface area contributed by atoms with E-state index >= 15 is 0 Å². The summed E-state index contributed by atoms with van der Waals surface area (Å²) in [4.78, 5) is 11.5. The molecule has 2 aromatic carbocycles. The van der Waals surface area contributed by atoms with Crippen LogP contribution in [0.15, 0.2) is 42.5 Å². The minimum Gasteiger partial charge on any atom is -0.494 e. The maximum Gasteiger partial charge on any atom is 0.308 e. The number of hydrogen-bond donors (Lipinski definition) is 0. The summed E-state index contributed by atoms with van der Waals surface area (Å²) in [5.74, 6) is -2.69. The molecular weight excluding hydrogens is 544 g/mol. The summed E-state index contributed by atoms with van der Waals surface area (Å²) in [6, 6.07) is 15.4. The Morgan fingerprint density at radius 2 is 1.58 bits per heavy atom. The minimum atomic E-state index is -2.80. The second-order valence-corrected chi connectivity index (χ2v) is 12.1. The molecule has 0 aliphatic rings. The van der Waals surface area contributed by atoms with Crippen LogP contribution in [0.25, 0.3) is 22.2 Å². The molecule has 0 aliphatic carbocycles. The Kier molecular flexibility index (Phi) is 14.0. The van der Waals surface area contributed by atoms with Gasteiger partial charge in [0, 0.05) is 42.1 Å². The number of alkyl halides is 2. The third kappa shape index (κ3) is 10.7. The van der Waals surface area contributed by atoms with Crippen molar-refractivity contribution in [1.82, 2.24) is 4.57 Å². The van der Waals surface area contributed by atoms with Gasteiger partial charge in [0.05, 0.1) is 24.6 Å². The van der Waals surface area contributed by atoms with Crippen molar-refractivity contribution in [3.63, 3.8) is 0 Å². The average Bonchev–Trinajstić information content (AvgIpc) is 3.35. The SMILES string of the molecule is CCCCCc1ccc(-c2cc3ccc(OCCCC(F)(F)CCCOC(=O)C(C)C)cc3n2CCCCC)c(CC)c1. The quantitative estimate of drug-likeness (QED) is 0.0961. The molecule has 0 unspecified atom stereocenters. The van der Waals surface area contributed by atoms with E-state index in [0.29, 0.717) is 5.75 Å². The minimum absolute atomic E-state index is 0.0336. The van der Waals surface area contributed by atoms with Crippen LogP contribution in [0.2, 0.25) is 0 Å². The monoisotopic (exact) mass is 597 g/mol. The third-order valence-corrected chi connectivity index (χ3v) is 8.11. The number of nitrogens with zero attached hydrogens (tertiary/aromatic N) is 1. The number of aryl methyl sites for hydroxylation is 3. The van der Waals surface area contributed by atoms with Gasteiger partial charge >= 0.3 is 5.97 Å². The van der Waals surface area contributed by atoms with Gasteiger partial charge < -0.3 is 14.0 Å². The number of carbonyl (C=O) groups is 1. The molecule has 0 saturated carbocycles. The summed E-state index contributed by atoms with van der Waals surface area (Å²) in [5, 5.41) is 1.16. The lowest BCUT2D eigenvalue weighted by atomic mass is 9.97. The van der Waals surface area contributed by atoms with Crippen molar-refractivity contribution in [2.75, 3.05) is 13.2 Å². The van der Waals surface area contributed by atoms with E-state index in [4.69, 9.17) is 9.47 Å². The van der Waals surface area contributed by atoms with Gasteiger partial charge in [0.25, 0.3) is 0 Å². The van der Waals surface area contributed by atoms with E-state index in [1.165, 1.54) is 48.1 Å². The van der Waals surface area contributed by atoms with Gasteiger partial charge in [0.2, 0.25) is 5.92 Å². The zero-order chi connectivity index (χ0) is 31.2. The van der Waals surface area contributed by atoms with Crippen molar-refractivity contribution in [3.05, 3.63) is 53.6 Å². The van der Waals surface area contributed by atoms with Crippen molar-refractivity contribution >= 4 is 16.9 Å². The van der Waals surface area contributed by atoms with E-state index in [2.05, 4.69) is 61.7 Å². The lowest BCUT2D eigenvalue weighted by Gasteiger charge is -2.17. The van der Waals surface area contributed by atoms with E-state index in [-0.39, 0.29) is 50.8 Å². The number of benzene rings is 2. The molecule has 0 radical (unpaired) electrons. The van der Waals surface area contributed by atoms with Gasteiger partial charge in [-0.2, -0.15) is 0 Å². The van der Waals surface area contributed by atoms with E-state index in [1.807, 2.05) is 6.07 Å². The van der Waals surface area contributed by atoms with Crippen LogP contribution in [0.1, 0.15) is 110 Å². The zero-order valence-corrected chi connectivity index (χ0v) is 27.2. The van der Waals surface area contributed by atoms with Crippen LogP contribution in [-0.4, -0.2) is 29.7 Å². The molecule has 4 nitrogen and oxygen atoms in total. The molecule has 1 aromatic heterocycles. The lowest BCUT2D eigenvalue weighted by molar-refractivity contribution is -0.148. The fraction of sp³-hybridized carbons (Fsp3) is 0.595. The predicted octanol–water partition coefficient (Wildman–Crippen LogP) is 10.6. The van der Waals surface area contributed by atoms with E-state index in [0.717, 1.165) is 43.1 Å². The van der Waals surface area contributed by atoms with Crippen LogP contribution >= 0.6 is 0 Å². The second-order valence-electron chi connectivity index (χ2n) is 12.1. The molecule has 1 heterocycles. The topological polar surface area (TPSA) is 40.5 Å². The Morgan fingerprint density at radius 1 is 0.860 bits per heavy atom. The largest absolute Gasteiger partial charge is 0.494 e. The summed E-state index contributed by atoms with van der Waals surface area (Å²) >= 11 is 0. The Balaban J connectivity index is 1.69. The number of hydrogen-bond acceptors (Lipinski definition) is 3. The fourth-order valence-electron chi connectivity index (χ4n) is 5.55. The molecule has 0 amide bonds. The molecule has 238 valence electrons. The summed E-state index contributed by atoms with van der Waals surface area (Å²) in [7, 11) is 0. The molecular formula is C37H53F2NO3. The first kappa shape index (κ1) is 34.6. The molecule has 43 heavy (non-hydrogen) atoms. The Bertz CT molecular complexity index is 1280. The highest BCUT2D eigenvalue weighted by Gasteiger charge is 2.28. The maximum absolute atomic E-state index is 14.4. The van der Waals surface area contributed by atoms with Crippen LogP contribution in [0.5, 0.6) is 5.75 Å². The lowest BCUT2D eigenvalue weighted by Crippen LogP contribution is -2.19. The number of ether oxygens (including phenoxy) is 2.